The summed E-state index contributed by atoms with van der Waals surface area (Å²) in [5.74, 6) is 3.15. The van der Waals surface area contributed by atoms with Gasteiger partial charge < -0.3 is 10.6 Å². The van der Waals surface area contributed by atoms with Gasteiger partial charge in [-0.25, -0.2) is 0 Å². The lowest BCUT2D eigenvalue weighted by molar-refractivity contribution is -0.118. The van der Waals surface area contributed by atoms with Crippen molar-refractivity contribution in [1.82, 2.24) is 0 Å². The molecule has 0 heterocycles. The zero-order valence-electron chi connectivity index (χ0n) is 17.8. The summed E-state index contributed by atoms with van der Waals surface area (Å²) in [6, 6.07) is 7.51. The summed E-state index contributed by atoms with van der Waals surface area (Å²) in [6.45, 7) is 8.92. The van der Waals surface area contributed by atoms with E-state index in [-0.39, 0.29) is 23.7 Å². The average Bonchev–Trinajstić information content (AvgIpc) is 3.53. The summed E-state index contributed by atoms with van der Waals surface area (Å²) in [6.07, 6.45) is 6.74. The van der Waals surface area contributed by atoms with E-state index in [1.165, 1.54) is 12.8 Å². The van der Waals surface area contributed by atoms with Crippen LogP contribution in [0.3, 0.4) is 0 Å². The Kier molecular flexibility index (Phi) is 6.79. The van der Waals surface area contributed by atoms with Crippen LogP contribution < -0.4 is 10.6 Å². The minimum atomic E-state index is 0.136. The minimum absolute atomic E-state index is 0.136. The molecule has 0 aromatic heterocycles. The number of benzene rings is 1. The number of carbonyl (C=O) groups is 2. The molecule has 0 saturated heterocycles. The molecule has 4 atom stereocenters. The van der Waals surface area contributed by atoms with Gasteiger partial charge in [0.15, 0.2) is 0 Å². The molecule has 3 rings (SSSR count). The predicted octanol–water partition coefficient (Wildman–Crippen LogP) is 5.71. The average molecular weight is 385 g/mol. The summed E-state index contributed by atoms with van der Waals surface area (Å²) >= 11 is 0. The quantitative estimate of drug-likeness (QED) is 0.543. The van der Waals surface area contributed by atoms with E-state index in [9.17, 15) is 9.59 Å². The molecular formula is C24H36N2O2. The third kappa shape index (κ3) is 6.08. The molecule has 2 aliphatic rings. The van der Waals surface area contributed by atoms with Gasteiger partial charge in [-0.1, -0.05) is 40.5 Å². The molecule has 0 aliphatic heterocycles. The highest BCUT2D eigenvalue weighted by Crippen LogP contribution is 2.44. The molecule has 1 aromatic carbocycles. The fraction of sp³-hybridized carbons (Fsp3) is 0.667. The van der Waals surface area contributed by atoms with Gasteiger partial charge in [0, 0.05) is 23.2 Å². The van der Waals surface area contributed by atoms with Gasteiger partial charge in [0.25, 0.3) is 0 Å². The second-order valence-electron chi connectivity index (χ2n) is 9.70. The molecule has 2 fully saturated rings. The predicted molar refractivity (Wildman–Crippen MR) is 115 cm³/mol. The van der Waals surface area contributed by atoms with Crippen LogP contribution in [0.15, 0.2) is 24.3 Å². The van der Waals surface area contributed by atoms with Crippen LogP contribution in [0.25, 0.3) is 0 Å². The normalized spacial score (nSPS) is 25.6. The Morgan fingerprint density at radius 2 is 1.14 bits per heavy atom. The van der Waals surface area contributed by atoms with Crippen LogP contribution in [0.2, 0.25) is 0 Å². The standard InChI is InChI=1S/C24H36N2O2/c1-15(2)5-7-17-13-21(17)23(27)25-19-9-11-20(12-10-19)26-24(28)22-14-18(22)8-6-16(3)4/h9-12,15-18,21-22H,5-8,13-14H2,1-4H3,(H,25,27)(H,26,28)/t17-,18-,21-,22+/m0/s1. The van der Waals surface area contributed by atoms with E-state index in [0.29, 0.717) is 23.7 Å². The minimum Gasteiger partial charge on any atom is -0.326 e. The van der Waals surface area contributed by atoms with Gasteiger partial charge in [-0.3, -0.25) is 9.59 Å². The first-order valence-corrected chi connectivity index (χ1v) is 11.0. The Morgan fingerprint density at radius 1 is 0.786 bits per heavy atom. The van der Waals surface area contributed by atoms with Gasteiger partial charge in [0.1, 0.15) is 0 Å². The lowest BCUT2D eigenvalue weighted by Gasteiger charge is -2.09. The van der Waals surface area contributed by atoms with E-state index < -0.39 is 0 Å². The van der Waals surface area contributed by atoms with E-state index in [1.807, 2.05) is 24.3 Å². The number of anilines is 2. The van der Waals surface area contributed by atoms with Crippen LogP contribution in [-0.2, 0) is 9.59 Å². The first-order valence-electron chi connectivity index (χ1n) is 11.0. The van der Waals surface area contributed by atoms with Gasteiger partial charge in [0.2, 0.25) is 11.8 Å². The maximum atomic E-state index is 12.4. The highest BCUT2D eigenvalue weighted by atomic mass is 16.2. The van der Waals surface area contributed by atoms with Gasteiger partial charge in [-0.05, 0) is 73.6 Å². The van der Waals surface area contributed by atoms with Crippen molar-refractivity contribution in [3.63, 3.8) is 0 Å². The zero-order valence-corrected chi connectivity index (χ0v) is 17.8. The molecule has 2 aliphatic carbocycles. The summed E-state index contributed by atoms with van der Waals surface area (Å²) < 4.78 is 0. The van der Waals surface area contributed by atoms with Crippen LogP contribution >= 0.6 is 0 Å². The van der Waals surface area contributed by atoms with Crippen molar-refractivity contribution >= 4 is 23.2 Å². The molecule has 154 valence electrons. The second kappa shape index (κ2) is 9.11. The number of rotatable bonds is 10. The summed E-state index contributed by atoms with van der Waals surface area (Å²) in [5.41, 5.74) is 1.61. The molecule has 1 aromatic rings. The van der Waals surface area contributed by atoms with E-state index in [1.54, 1.807) is 0 Å². The number of carbonyl (C=O) groups excluding carboxylic acids is 2. The second-order valence-corrected chi connectivity index (χ2v) is 9.70. The molecule has 4 heteroatoms. The largest absolute Gasteiger partial charge is 0.326 e. The van der Waals surface area contributed by atoms with E-state index >= 15 is 0 Å². The molecule has 2 saturated carbocycles. The maximum Gasteiger partial charge on any atom is 0.227 e. The molecule has 2 amide bonds. The number of hydrogen-bond acceptors (Lipinski definition) is 2. The molecule has 2 N–H and O–H groups in total. The Bertz CT molecular complexity index is 621. The van der Waals surface area contributed by atoms with E-state index in [0.717, 1.165) is 37.1 Å². The lowest BCUT2D eigenvalue weighted by atomic mass is 10.0. The summed E-state index contributed by atoms with van der Waals surface area (Å²) in [7, 11) is 0. The monoisotopic (exact) mass is 384 g/mol. The molecule has 0 spiro atoms. The first kappa shape index (κ1) is 20.9. The van der Waals surface area contributed by atoms with Gasteiger partial charge >= 0.3 is 0 Å². The smallest absolute Gasteiger partial charge is 0.227 e. The summed E-state index contributed by atoms with van der Waals surface area (Å²) in [4.78, 5) is 24.7. The zero-order chi connectivity index (χ0) is 20.3. The van der Waals surface area contributed by atoms with Crippen molar-refractivity contribution in [3.05, 3.63) is 24.3 Å². The maximum absolute atomic E-state index is 12.4. The fourth-order valence-electron chi connectivity index (χ4n) is 3.98. The SMILES string of the molecule is CC(C)CC[C@H]1C[C@@H]1C(=O)Nc1ccc(NC(=O)[C@@H]2C[C@@H]2CCC(C)C)cc1. The third-order valence-electron chi connectivity index (χ3n) is 6.17. The molecule has 28 heavy (non-hydrogen) atoms. The molecule has 0 bridgehead atoms. The molecule has 0 radical (unpaired) electrons. The van der Waals surface area contributed by atoms with Gasteiger partial charge in [-0.15, -0.1) is 0 Å². The Balaban J connectivity index is 1.39. The van der Waals surface area contributed by atoms with Gasteiger partial charge in [0.05, 0.1) is 0 Å². The van der Waals surface area contributed by atoms with Crippen molar-refractivity contribution in [2.45, 2.75) is 66.2 Å². The van der Waals surface area contributed by atoms with Crippen LogP contribution in [0.4, 0.5) is 11.4 Å². The number of nitrogens with one attached hydrogen (secondary N) is 2. The van der Waals surface area contributed by atoms with Crippen LogP contribution in [0.1, 0.15) is 66.2 Å². The molecule has 0 unspecified atom stereocenters. The Labute approximate surface area is 169 Å². The van der Waals surface area contributed by atoms with E-state index in [2.05, 4.69) is 38.3 Å². The number of hydrogen-bond donors (Lipinski definition) is 2. The third-order valence-corrected chi connectivity index (χ3v) is 6.17. The molecule has 4 nitrogen and oxygen atoms in total. The van der Waals surface area contributed by atoms with Gasteiger partial charge in [-0.2, -0.15) is 0 Å². The number of amides is 2. The van der Waals surface area contributed by atoms with Crippen molar-refractivity contribution in [2.24, 2.45) is 35.5 Å². The first-order chi connectivity index (χ1) is 13.3. The Hall–Kier alpha value is -1.84. The fourth-order valence-corrected chi connectivity index (χ4v) is 3.98. The van der Waals surface area contributed by atoms with Crippen LogP contribution in [-0.4, -0.2) is 11.8 Å². The van der Waals surface area contributed by atoms with Crippen molar-refractivity contribution in [1.29, 1.82) is 0 Å². The summed E-state index contributed by atoms with van der Waals surface area (Å²) in [5, 5.41) is 6.04. The highest BCUT2D eigenvalue weighted by molar-refractivity contribution is 5.96. The van der Waals surface area contributed by atoms with Crippen molar-refractivity contribution < 1.29 is 9.59 Å². The van der Waals surface area contributed by atoms with Crippen LogP contribution in [0.5, 0.6) is 0 Å². The lowest BCUT2D eigenvalue weighted by Crippen LogP contribution is -2.16. The van der Waals surface area contributed by atoms with Crippen molar-refractivity contribution in [2.75, 3.05) is 10.6 Å². The Morgan fingerprint density at radius 3 is 1.46 bits per heavy atom. The highest BCUT2D eigenvalue weighted by Gasteiger charge is 2.43. The van der Waals surface area contributed by atoms with Crippen LogP contribution in [0, 0.1) is 35.5 Å². The topological polar surface area (TPSA) is 58.2 Å². The molecular weight excluding hydrogens is 348 g/mol. The van der Waals surface area contributed by atoms with Crippen molar-refractivity contribution in [3.8, 4) is 0 Å². The van der Waals surface area contributed by atoms with E-state index in [4.69, 9.17) is 0 Å².